The summed E-state index contributed by atoms with van der Waals surface area (Å²) < 4.78 is 4.82. The number of nitrogens with zero attached hydrogens (tertiary/aromatic N) is 2. The number of H-pyrrole nitrogens is 1. The van der Waals surface area contributed by atoms with E-state index in [4.69, 9.17) is 4.74 Å². The number of amides is 2. The van der Waals surface area contributed by atoms with Crippen LogP contribution in [-0.4, -0.2) is 78.9 Å². The molecular formula is C22H34N4O4. The molecular weight excluding hydrogens is 384 g/mol. The van der Waals surface area contributed by atoms with Crippen LogP contribution in [0, 0.1) is 19.8 Å². The number of aromatic amines is 1. The van der Waals surface area contributed by atoms with Gasteiger partial charge in [-0.05, 0) is 71.1 Å². The fourth-order valence-corrected chi connectivity index (χ4v) is 4.57. The minimum atomic E-state index is -0.454. The average molecular weight is 419 g/mol. The van der Waals surface area contributed by atoms with Crippen LogP contribution in [-0.2, 0) is 9.53 Å². The van der Waals surface area contributed by atoms with Crippen molar-refractivity contribution in [2.75, 3.05) is 46.4 Å². The quantitative estimate of drug-likeness (QED) is 0.521. The molecule has 2 amide bonds. The van der Waals surface area contributed by atoms with Crippen molar-refractivity contribution in [3.8, 4) is 0 Å². The average Bonchev–Trinajstić information content (AvgIpc) is 3.37. The summed E-state index contributed by atoms with van der Waals surface area (Å²) in [4.78, 5) is 44.9. The van der Waals surface area contributed by atoms with E-state index in [-0.39, 0.29) is 17.7 Å². The normalized spacial score (nSPS) is 19.7. The maximum absolute atomic E-state index is 13.1. The highest BCUT2D eigenvalue weighted by Gasteiger charge is 2.31. The summed E-state index contributed by atoms with van der Waals surface area (Å²) in [6, 6.07) is 0. The van der Waals surface area contributed by atoms with Gasteiger partial charge in [0.2, 0.25) is 5.91 Å². The summed E-state index contributed by atoms with van der Waals surface area (Å²) in [6.45, 7) is 8.57. The molecule has 3 heterocycles. The van der Waals surface area contributed by atoms with Crippen LogP contribution in [0.2, 0.25) is 0 Å². The van der Waals surface area contributed by atoms with Gasteiger partial charge in [0.1, 0.15) is 5.69 Å². The molecule has 0 aliphatic carbocycles. The van der Waals surface area contributed by atoms with Gasteiger partial charge < -0.3 is 24.8 Å². The summed E-state index contributed by atoms with van der Waals surface area (Å²) >= 11 is 0. The molecule has 2 N–H and O–H groups in total. The van der Waals surface area contributed by atoms with Crippen LogP contribution in [0.25, 0.3) is 0 Å². The van der Waals surface area contributed by atoms with E-state index in [1.807, 2.05) is 0 Å². The Labute approximate surface area is 178 Å². The maximum atomic E-state index is 13.1. The van der Waals surface area contributed by atoms with Crippen LogP contribution in [0.4, 0.5) is 0 Å². The molecule has 2 saturated heterocycles. The van der Waals surface area contributed by atoms with E-state index in [9.17, 15) is 14.4 Å². The molecule has 1 aromatic rings. The van der Waals surface area contributed by atoms with Gasteiger partial charge in [-0.2, -0.15) is 0 Å². The van der Waals surface area contributed by atoms with Gasteiger partial charge in [-0.25, -0.2) is 4.79 Å². The molecule has 2 fully saturated rings. The number of hydrogen-bond acceptors (Lipinski definition) is 5. The van der Waals surface area contributed by atoms with Crippen molar-refractivity contribution in [3.63, 3.8) is 0 Å². The molecule has 1 atom stereocenters. The van der Waals surface area contributed by atoms with Crippen molar-refractivity contribution >= 4 is 17.8 Å². The number of esters is 1. The van der Waals surface area contributed by atoms with Crippen molar-refractivity contribution in [2.45, 2.75) is 46.0 Å². The standard InChI is InChI=1S/C22H34N4O4/c1-15-18(22(29)30-3)16(2)24-19(15)21(28)26-13-6-8-17(14-26)20(27)23-9-7-12-25-10-4-5-11-25/h17,24H,4-14H2,1-3H3,(H,23,27). The van der Waals surface area contributed by atoms with Crippen LogP contribution in [0.5, 0.6) is 0 Å². The third-order valence-corrected chi connectivity index (χ3v) is 6.27. The number of hydrogen-bond donors (Lipinski definition) is 2. The van der Waals surface area contributed by atoms with Crippen LogP contribution < -0.4 is 5.32 Å². The molecule has 8 heteroatoms. The summed E-state index contributed by atoms with van der Waals surface area (Å²) in [5, 5.41) is 3.05. The molecule has 0 spiro atoms. The number of likely N-dealkylation sites (tertiary alicyclic amines) is 2. The number of ether oxygens (including phenoxy) is 1. The number of carbonyl (C=O) groups excluding carboxylic acids is 3. The van der Waals surface area contributed by atoms with Gasteiger partial charge in [-0.15, -0.1) is 0 Å². The van der Waals surface area contributed by atoms with Gasteiger partial charge in [-0.3, -0.25) is 9.59 Å². The van der Waals surface area contributed by atoms with Gasteiger partial charge in [0.05, 0.1) is 18.6 Å². The lowest BCUT2D eigenvalue weighted by molar-refractivity contribution is -0.126. The lowest BCUT2D eigenvalue weighted by atomic mass is 9.96. The van der Waals surface area contributed by atoms with E-state index < -0.39 is 5.97 Å². The second kappa shape index (κ2) is 10.1. The monoisotopic (exact) mass is 418 g/mol. The van der Waals surface area contributed by atoms with Gasteiger partial charge in [0.15, 0.2) is 0 Å². The third-order valence-electron chi connectivity index (χ3n) is 6.27. The summed E-state index contributed by atoms with van der Waals surface area (Å²) in [5.41, 5.74) is 2.02. The van der Waals surface area contributed by atoms with Gasteiger partial charge >= 0.3 is 5.97 Å². The molecule has 2 aliphatic rings. The fraction of sp³-hybridized carbons (Fsp3) is 0.682. The van der Waals surface area contributed by atoms with Crippen molar-refractivity contribution in [2.24, 2.45) is 5.92 Å². The Bertz CT molecular complexity index is 782. The number of methoxy groups -OCH3 is 1. The molecule has 1 unspecified atom stereocenters. The highest BCUT2D eigenvalue weighted by Crippen LogP contribution is 2.23. The minimum Gasteiger partial charge on any atom is -0.465 e. The lowest BCUT2D eigenvalue weighted by Crippen LogP contribution is -2.46. The van der Waals surface area contributed by atoms with Crippen LogP contribution in [0.3, 0.4) is 0 Å². The molecule has 0 radical (unpaired) electrons. The van der Waals surface area contributed by atoms with Gasteiger partial charge in [-0.1, -0.05) is 0 Å². The van der Waals surface area contributed by atoms with Gasteiger partial charge in [0.25, 0.3) is 5.91 Å². The second-order valence-electron chi connectivity index (χ2n) is 8.40. The molecule has 30 heavy (non-hydrogen) atoms. The molecule has 8 nitrogen and oxygen atoms in total. The van der Waals surface area contributed by atoms with Crippen LogP contribution in [0.1, 0.15) is 64.2 Å². The van der Waals surface area contributed by atoms with Crippen molar-refractivity contribution in [1.29, 1.82) is 0 Å². The number of carbonyl (C=O) groups is 3. The van der Waals surface area contributed by atoms with Crippen molar-refractivity contribution < 1.29 is 19.1 Å². The number of rotatable bonds is 7. The van der Waals surface area contributed by atoms with E-state index in [0.29, 0.717) is 42.1 Å². The second-order valence-corrected chi connectivity index (χ2v) is 8.40. The Morgan fingerprint density at radius 2 is 1.87 bits per heavy atom. The first-order valence-corrected chi connectivity index (χ1v) is 11.0. The number of aromatic nitrogens is 1. The predicted octanol–water partition coefficient (Wildman–Crippen LogP) is 1.87. The zero-order valence-electron chi connectivity index (χ0n) is 18.4. The molecule has 166 valence electrons. The summed E-state index contributed by atoms with van der Waals surface area (Å²) in [6.07, 6.45) is 5.09. The number of nitrogens with one attached hydrogen (secondary N) is 2. The van der Waals surface area contributed by atoms with E-state index in [1.165, 1.54) is 33.0 Å². The lowest BCUT2D eigenvalue weighted by Gasteiger charge is -2.32. The molecule has 2 aliphatic heterocycles. The molecule has 1 aromatic heterocycles. The number of piperidine rings is 1. The Morgan fingerprint density at radius 3 is 2.57 bits per heavy atom. The largest absolute Gasteiger partial charge is 0.465 e. The topological polar surface area (TPSA) is 94.7 Å². The third kappa shape index (κ3) is 5.03. The Hall–Kier alpha value is -2.35. The molecule has 0 bridgehead atoms. The number of aryl methyl sites for hydroxylation is 1. The maximum Gasteiger partial charge on any atom is 0.339 e. The first-order chi connectivity index (χ1) is 14.4. The SMILES string of the molecule is COC(=O)c1c(C)[nH]c(C(=O)N2CCCC(C(=O)NCCCN3CCCC3)C2)c1C. The Balaban J connectivity index is 1.54. The fourth-order valence-electron chi connectivity index (χ4n) is 4.57. The van der Waals surface area contributed by atoms with E-state index in [1.54, 1.807) is 18.7 Å². The highest BCUT2D eigenvalue weighted by atomic mass is 16.5. The van der Waals surface area contributed by atoms with Crippen LogP contribution >= 0.6 is 0 Å². The molecule has 3 rings (SSSR count). The zero-order valence-corrected chi connectivity index (χ0v) is 18.4. The Kier molecular flexibility index (Phi) is 7.53. The Morgan fingerprint density at radius 1 is 1.13 bits per heavy atom. The predicted molar refractivity (Wildman–Crippen MR) is 114 cm³/mol. The minimum absolute atomic E-state index is 0.0311. The zero-order chi connectivity index (χ0) is 21.7. The van der Waals surface area contributed by atoms with E-state index >= 15 is 0 Å². The summed E-state index contributed by atoms with van der Waals surface area (Å²) in [7, 11) is 1.33. The van der Waals surface area contributed by atoms with E-state index in [2.05, 4.69) is 15.2 Å². The highest BCUT2D eigenvalue weighted by molar-refractivity contribution is 6.00. The van der Waals surface area contributed by atoms with Crippen LogP contribution in [0.15, 0.2) is 0 Å². The first kappa shape index (κ1) is 22.3. The molecule has 0 saturated carbocycles. The molecule has 0 aromatic carbocycles. The van der Waals surface area contributed by atoms with Gasteiger partial charge in [0, 0.05) is 25.3 Å². The first-order valence-electron chi connectivity index (χ1n) is 11.0. The smallest absolute Gasteiger partial charge is 0.339 e. The van der Waals surface area contributed by atoms with E-state index in [0.717, 1.165) is 25.8 Å². The van der Waals surface area contributed by atoms with Crippen molar-refractivity contribution in [3.05, 3.63) is 22.5 Å². The summed E-state index contributed by atoms with van der Waals surface area (Å²) in [5.74, 6) is -0.781. The van der Waals surface area contributed by atoms with Crippen molar-refractivity contribution in [1.82, 2.24) is 20.1 Å².